The summed E-state index contributed by atoms with van der Waals surface area (Å²) < 4.78 is 0. The maximum absolute atomic E-state index is 0. The van der Waals surface area contributed by atoms with Gasteiger partial charge in [-0.2, -0.15) is 23.4 Å². The molecule has 0 saturated heterocycles. The average Bonchev–Trinajstić information content (AvgIpc) is 0. The van der Waals surface area contributed by atoms with Crippen molar-refractivity contribution >= 4 is 58.7 Å². The van der Waals surface area contributed by atoms with Gasteiger partial charge in [-0.15, -0.1) is 0 Å². The molecule has 0 N–H and O–H groups in total. The molecule has 0 spiro atoms. The van der Waals surface area contributed by atoms with E-state index in [9.17, 15) is 0 Å². The zero-order valence-corrected chi connectivity index (χ0v) is 7.30. The maximum atomic E-state index is 0. The Bertz CT molecular complexity index is 8.00. The molecule has 0 aliphatic carbocycles. The Morgan fingerprint density at radius 2 is 1.00 bits per heavy atom. The summed E-state index contributed by atoms with van der Waals surface area (Å²) >= 11 is 0. The molecule has 0 radical (unpaired) electrons. The average molecular weight is 176 g/mol. The van der Waals surface area contributed by atoms with Crippen LogP contribution in [0.4, 0.5) is 0 Å². The Kier molecular flexibility index (Phi) is 207. The van der Waals surface area contributed by atoms with Gasteiger partial charge in [-0.25, -0.2) is 0 Å². The van der Waals surface area contributed by atoms with Crippen molar-refractivity contribution in [2.75, 3.05) is 0 Å². The van der Waals surface area contributed by atoms with Crippen molar-refractivity contribution in [3.63, 3.8) is 0 Å². The molecule has 0 aromatic heterocycles. The second-order valence-corrected chi connectivity index (χ2v) is 0. The molecular formula is H11AlAsPS. The van der Waals surface area contributed by atoms with Crippen molar-refractivity contribution in [2.45, 2.75) is 0 Å². The first-order chi connectivity index (χ1) is 0. The van der Waals surface area contributed by atoms with Crippen molar-refractivity contribution in [3.8, 4) is 0 Å². The summed E-state index contributed by atoms with van der Waals surface area (Å²) in [7, 11) is 0. The first-order valence-corrected chi connectivity index (χ1v) is 0. The van der Waals surface area contributed by atoms with E-state index in [1.165, 1.54) is 0 Å². The van der Waals surface area contributed by atoms with Gasteiger partial charge in [-0.1, -0.05) is 0 Å². The molecule has 4 heteroatoms. The molecule has 0 aliphatic heterocycles. The molecule has 0 nitrogen and oxygen atoms in total. The summed E-state index contributed by atoms with van der Waals surface area (Å²) in [5.41, 5.74) is 0. The molecule has 0 heterocycles. The third kappa shape index (κ3) is 9.11. The third-order valence-electron chi connectivity index (χ3n) is 0. The van der Waals surface area contributed by atoms with Gasteiger partial charge in [-0.05, 0) is 0 Å². The summed E-state index contributed by atoms with van der Waals surface area (Å²) in [6, 6.07) is 0. The molecule has 0 fully saturated rings. The van der Waals surface area contributed by atoms with E-state index in [-0.39, 0.29) is 58.7 Å². The van der Waals surface area contributed by atoms with Crippen LogP contribution in [-0.2, 0) is 0 Å². The Balaban J connectivity index is 0. The van der Waals surface area contributed by atoms with E-state index in [1.807, 2.05) is 0 Å². The van der Waals surface area contributed by atoms with Gasteiger partial charge >= 0.3 is 18.0 Å². The summed E-state index contributed by atoms with van der Waals surface area (Å²) in [5.74, 6) is 0. The van der Waals surface area contributed by atoms with Crippen LogP contribution in [0.25, 0.3) is 0 Å². The van der Waals surface area contributed by atoms with E-state index in [0.29, 0.717) is 0 Å². The van der Waals surface area contributed by atoms with Crippen molar-refractivity contribution in [3.05, 3.63) is 0 Å². The van der Waals surface area contributed by atoms with Crippen LogP contribution in [-0.4, -0.2) is 35.3 Å². The van der Waals surface area contributed by atoms with E-state index in [4.69, 9.17) is 0 Å². The summed E-state index contributed by atoms with van der Waals surface area (Å²) in [6.45, 7) is 0. The molecule has 30 valence electrons. The summed E-state index contributed by atoms with van der Waals surface area (Å²) in [5, 5.41) is 0. The molecular weight excluding hydrogens is 165 g/mol. The normalized spacial score (nSPS) is 0. The number of rotatable bonds is 0. The first kappa shape index (κ1) is 39.8. The van der Waals surface area contributed by atoms with Crippen molar-refractivity contribution in [1.29, 1.82) is 0 Å². The van der Waals surface area contributed by atoms with Gasteiger partial charge in [0.1, 0.15) is 0 Å². The predicted molar refractivity (Wildman–Crippen MR) is 41.4 cm³/mol. The van der Waals surface area contributed by atoms with E-state index < -0.39 is 0 Å². The van der Waals surface area contributed by atoms with Gasteiger partial charge in [0.15, 0.2) is 17.4 Å². The van der Waals surface area contributed by atoms with Crippen LogP contribution in [0.15, 0.2) is 0 Å². The third-order valence-corrected chi connectivity index (χ3v) is 0. The Morgan fingerprint density at radius 3 is 1.00 bits per heavy atom. The van der Waals surface area contributed by atoms with E-state index in [1.54, 1.807) is 0 Å². The molecule has 0 saturated carbocycles. The minimum atomic E-state index is 0. The minimum absolute atomic E-state index is 0. The van der Waals surface area contributed by atoms with Gasteiger partial charge in [-0.3, -0.25) is 0 Å². The van der Waals surface area contributed by atoms with Gasteiger partial charge in [0.25, 0.3) is 0 Å². The second-order valence-electron chi connectivity index (χ2n) is 0. The van der Waals surface area contributed by atoms with E-state index in [0.717, 1.165) is 0 Å². The van der Waals surface area contributed by atoms with Crippen LogP contribution in [0.2, 0.25) is 0 Å². The summed E-state index contributed by atoms with van der Waals surface area (Å²) in [6.07, 6.45) is 0. The van der Waals surface area contributed by atoms with E-state index in [2.05, 4.69) is 0 Å². The SMILES string of the molecule is P.S.[AlH3].[AsH3]. The predicted octanol–water partition coefficient (Wildman–Crippen LogP) is -2.20. The van der Waals surface area contributed by atoms with Crippen LogP contribution < -0.4 is 0 Å². The van der Waals surface area contributed by atoms with Crippen LogP contribution in [0.5, 0.6) is 0 Å². The van der Waals surface area contributed by atoms with Crippen molar-refractivity contribution < 1.29 is 0 Å². The molecule has 0 aliphatic rings. The molecule has 0 rings (SSSR count). The van der Waals surface area contributed by atoms with E-state index >= 15 is 0 Å². The molecule has 2 unspecified atom stereocenters. The van der Waals surface area contributed by atoms with Crippen LogP contribution in [0.3, 0.4) is 0 Å². The fourth-order valence-corrected chi connectivity index (χ4v) is 0. The number of hydrogen-bond acceptors (Lipinski definition) is 0. The first-order valence-electron chi connectivity index (χ1n) is 0. The molecule has 0 aromatic rings. The van der Waals surface area contributed by atoms with Crippen molar-refractivity contribution in [1.82, 2.24) is 0 Å². The molecule has 0 bridgehead atoms. The Hall–Kier alpha value is 1.87. The fraction of sp³-hybridized carbons (Fsp3) is 0. The molecule has 0 aromatic carbocycles. The van der Waals surface area contributed by atoms with Gasteiger partial charge in [0.05, 0.1) is 0 Å². The fourth-order valence-electron chi connectivity index (χ4n) is 0. The van der Waals surface area contributed by atoms with Crippen LogP contribution in [0, 0.1) is 0 Å². The summed E-state index contributed by atoms with van der Waals surface area (Å²) in [4.78, 5) is 0. The monoisotopic (exact) mass is 176 g/mol. The zero-order valence-electron chi connectivity index (χ0n) is 1.91. The zero-order chi connectivity index (χ0) is 0. The van der Waals surface area contributed by atoms with Crippen molar-refractivity contribution in [2.24, 2.45) is 0 Å². The quantitative estimate of drug-likeness (QED) is 0.290. The topological polar surface area (TPSA) is 0 Å². The van der Waals surface area contributed by atoms with Gasteiger partial charge in [0.2, 0.25) is 0 Å². The van der Waals surface area contributed by atoms with Gasteiger partial charge in [0, 0.05) is 0 Å². The van der Waals surface area contributed by atoms with Gasteiger partial charge < -0.3 is 0 Å². The second kappa shape index (κ2) is 20.9. The Morgan fingerprint density at radius 1 is 1.00 bits per heavy atom. The van der Waals surface area contributed by atoms with Crippen LogP contribution >= 0.6 is 23.4 Å². The standard InChI is InChI=1S/Al.AsH3.H3P.H2S.3H/h;2*1H3;1H2;;;. The molecule has 2 atom stereocenters. The number of hydrogen-bond donors (Lipinski definition) is 0. The molecule has 0 amide bonds. The van der Waals surface area contributed by atoms with Crippen LogP contribution in [0.1, 0.15) is 0 Å². The Labute approximate surface area is 58.6 Å². The molecule has 4 heavy (non-hydrogen) atoms.